The summed E-state index contributed by atoms with van der Waals surface area (Å²) in [5.74, 6) is -1.26. The standard InChI is InChI=1S/C10H6ClNO2S/c11-7-3-1-6(2-4-7)9-12-8(5-15-9)10(13)14/h1-5H,(H,13,14)/p-1. The molecule has 0 amide bonds. The van der Waals surface area contributed by atoms with E-state index in [1.807, 2.05) is 0 Å². The van der Waals surface area contributed by atoms with Crippen molar-refractivity contribution >= 4 is 28.9 Å². The molecule has 0 aliphatic carbocycles. The van der Waals surface area contributed by atoms with Crippen LogP contribution in [0.3, 0.4) is 0 Å². The van der Waals surface area contributed by atoms with Gasteiger partial charge in [-0.25, -0.2) is 4.98 Å². The number of aromatic nitrogens is 1. The van der Waals surface area contributed by atoms with Crippen molar-refractivity contribution in [3.63, 3.8) is 0 Å². The number of benzene rings is 1. The Bertz CT molecular complexity index is 492. The van der Waals surface area contributed by atoms with Crippen molar-refractivity contribution in [2.45, 2.75) is 0 Å². The van der Waals surface area contributed by atoms with Crippen LogP contribution in [0.1, 0.15) is 10.5 Å². The minimum atomic E-state index is -1.26. The van der Waals surface area contributed by atoms with Crippen LogP contribution in [0.25, 0.3) is 10.6 Å². The average Bonchev–Trinajstić information content (AvgIpc) is 2.68. The Morgan fingerprint density at radius 3 is 2.53 bits per heavy atom. The molecule has 3 nitrogen and oxygen atoms in total. The topological polar surface area (TPSA) is 53.0 Å². The van der Waals surface area contributed by atoms with Gasteiger partial charge in [0, 0.05) is 16.0 Å². The Morgan fingerprint density at radius 1 is 1.33 bits per heavy atom. The summed E-state index contributed by atoms with van der Waals surface area (Å²) in [6, 6.07) is 7.05. The van der Waals surface area contributed by atoms with Crippen LogP contribution in [0.4, 0.5) is 0 Å². The molecule has 0 saturated carbocycles. The first-order chi connectivity index (χ1) is 7.16. The normalized spacial score (nSPS) is 10.2. The number of carbonyl (C=O) groups is 1. The number of thiazole rings is 1. The van der Waals surface area contributed by atoms with Gasteiger partial charge in [-0.05, 0) is 12.1 Å². The van der Waals surface area contributed by atoms with Crippen LogP contribution in [0.2, 0.25) is 5.02 Å². The second-order valence-corrected chi connectivity index (χ2v) is 4.13. The van der Waals surface area contributed by atoms with Crippen LogP contribution in [0.5, 0.6) is 0 Å². The highest BCUT2D eigenvalue weighted by molar-refractivity contribution is 7.13. The van der Waals surface area contributed by atoms with Crippen molar-refractivity contribution in [1.82, 2.24) is 4.98 Å². The van der Waals surface area contributed by atoms with Gasteiger partial charge < -0.3 is 9.90 Å². The molecule has 1 heterocycles. The van der Waals surface area contributed by atoms with E-state index in [0.717, 1.165) is 5.56 Å². The Labute approximate surface area is 95.0 Å². The molecule has 0 spiro atoms. The lowest BCUT2D eigenvalue weighted by molar-refractivity contribution is -0.255. The first kappa shape index (κ1) is 10.1. The molecule has 0 fully saturated rings. The molecule has 0 aliphatic rings. The third kappa shape index (κ3) is 2.16. The Kier molecular flexibility index (Phi) is 2.70. The number of nitrogens with zero attached hydrogens (tertiary/aromatic N) is 1. The number of carbonyl (C=O) groups excluding carboxylic acids is 1. The van der Waals surface area contributed by atoms with Gasteiger partial charge in [0.1, 0.15) is 5.01 Å². The molecule has 1 aromatic carbocycles. The van der Waals surface area contributed by atoms with Gasteiger partial charge in [0.15, 0.2) is 0 Å². The summed E-state index contributed by atoms with van der Waals surface area (Å²) in [5.41, 5.74) is 0.807. The van der Waals surface area contributed by atoms with E-state index >= 15 is 0 Å². The molecule has 15 heavy (non-hydrogen) atoms. The summed E-state index contributed by atoms with van der Waals surface area (Å²) in [7, 11) is 0. The lowest BCUT2D eigenvalue weighted by Gasteiger charge is -1.96. The maximum Gasteiger partial charge on any atom is 0.124 e. The monoisotopic (exact) mass is 238 g/mol. The quantitative estimate of drug-likeness (QED) is 0.802. The van der Waals surface area contributed by atoms with Gasteiger partial charge in [-0.3, -0.25) is 0 Å². The smallest absolute Gasteiger partial charge is 0.124 e. The van der Waals surface area contributed by atoms with Crippen molar-refractivity contribution in [3.8, 4) is 10.6 Å². The minimum absolute atomic E-state index is 0.0371. The summed E-state index contributed by atoms with van der Waals surface area (Å²) in [6.07, 6.45) is 0. The highest BCUT2D eigenvalue weighted by atomic mass is 35.5. The highest BCUT2D eigenvalue weighted by Gasteiger charge is 2.04. The summed E-state index contributed by atoms with van der Waals surface area (Å²) in [6.45, 7) is 0. The Morgan fingerprint density at radius 2 is 2.00 bits per heavy atom. The molecule has 0 saturated heterocycles. The van der Waals surface area contributed by atoms with Crippen LogP contribution in [0, 0.1) is 0 Å². The Hall–Kier alpha value is -1.39. The molecule has 0 N–H and O–H groups in total. The van der Waals surface area contributed by atoms with Crippen molar-refractivity contribution in [3.05, 3.63) is 40.4 Å². The molecule has 2 aromatic rings. The molecule has 2 rings (SSSR count). The van der Waals surface area contributed by atoms with Crippen LogP contribution in [0.15, 0.2) is 29.6 Å². The predicted octanol–water partition coefficient (Wildman–Crippen LogP) is 1.83. The fourth-order valence-electron chi connectivity index (χ4n) is 1.09. The maximum absolute atomic E-state index is 10.5. The molecule has 0 bridgehead atoms. The second kappa shape index (κ2) is 4.00. The molecule has 0 atom stereocenters. The van der Waals surface area contributed by atoms with Crippen LogP contribution >= 0.6 is 22.9 Å². The van der Waals surface area contributed by atoms with Crippen molar-refractivity contribution in [1.29, 1.82) is 0 Å². The van der Waals surface area contributed by atoms with Crippen molar-refractivity contribution in [2.75, 3.05) is 0 Å². The number of carboxylic acid groups (broad SMARTS) is 1. The van der Waals surface area contributed by atoms with Gasteiger partial charge in [-0.1, -0.05) is 23.7 Å². The van der Waals surface area contributed by atoms with E-state index in [1.165, 1.54) is 16.7 Å². The number of hydrogen-bond acceptors (Lipinski definition) is 4. The summed E-state index contributed by atoms with van der Waals surface area (Å²) in [4.78, 5) is 14.4. The van der Waals surface area contributed by atoms with Crippen LogP contribution in [-0.2, 0) is 0 Å². The second-order valence-electron chi connectivity index (χ2n) is 2.83. The third-order valence-corrected chi connectivity index (χ3v) is 2.95. The van der Waals surface area contributed by atoms with E-state index in [2.05, 4.69) is 4.98 Å². The zero-order valence-electron chi connectivity index (χ0n) is 7.44. The van der Waals surface area contributed by atoms with E-state index in [0.29, 0.717) is 10.0 Å². The van der Waals surface area contributed by atoms with Crippen molar-refractivity contribution in [2.24, 2.45) is 0 Å². The van der Waals surface area contributed by atoms with Gasteiger partial charge in [-0.15, -0.1) is 11.3 Å². The number of rotatable bonds is 2. The molecule has 0 aliphatic heterocycles. The summed E-state index contributed by atoms with van der Waals surface area (Å²) >= 11 is 7.00. The predicted molar refractivity (Wildman–Crippen MR) is 56.9 cm³/mol. The van der Waals surface area contributed by atoms with Gasteiger partial charge in [0.05, 0.1) is 11.7 Å². The minimum Gasteiger partial charge on any atom is -0.543 e. The lowest BCUT2D eigenvalue weighted by atomic mass is 10.2. The first-order valence-corrected chi connectivity index (χ1v) is 5.35. The van der Waals surface area contributed by atoms with Crippen LogP contribution in [-0.4, -0.2) is 11.0 Å². The van der Waals surface area contributed by atoms with Gasteiger partial charge in [-0.2, -0.15) is 0 Å². The van der Waals surface area contributed by atoms with E-state index in [9.17, 15) is 9.90 Å². The van der Waals surface area contributed by atoms with E-state index in [-0.39, 0.29) is 5.69 Å². The van der Waals surface area contributed by atoms with E-state index in [1.54, 1.807) is 24.3 Å². The molecule has 76 valence electrons. The van der Waals surface area contributed by atoms with Crippen LogP contribution < -0.4 is 5.11 Å². The number of hydrogen-bond donors (Lipinski definition) is 0. The summed E-state index contributed by atoms with van der Waals surface area (Å²) in [5, 5.41) is 13.2. The number of halogens is 1. The molecular formula is C10H5ClNO2S-. The molecular weight excluding hydrogens is 234 g/mol. The van der Waals surface area contributed by atoms with E-state index < -0.39 is 5.97 Å². The summed E-state index contributed by atoms with van der Waals surface area (Å²) < 4.78 is 0. The molecule has 1 aromatic heterocycles. The molecule has 0 unspecified atom stereocenters. The fourth-order valence-corrected chi connectivity index (χ4v) is 2.01. The van der Waals surface area contributed by atoms with E-state index in [4.69, 9.17) is 11.6 Å². The molecule has 5 heteroatoms. The Balaban J connectivity index is 2.37. The third-order valence-electron chi connectivity index (χ3n) is 1.80. The number of aromatic carboxylic acids is 1. The lowest BCUT2D eigenvalue weighted by Crippen LogP contribution is -2.22. The zero-order valence-corrected chi connectivity index (χ0v) is 9.01. The highest BCUT2D eigenvalue weighted by Crippen LogP contribution is 2.24. The molecule has 0 radical (unpaired) electrons. The number of carboxylic acids is 1. The van der Waals surface area contributed by atoms with Gasteiger partial charge >= 0.3 is 0 Å². The van der Waals surface area contributed by atoms with Gasteiger partial charge in [0.2, 0.25) is 0 Å². The van der Waals surface area contributed by atoms with Gasteiger partial charge in [0.25, 0.3) is 0 Å². The zero-order chi connectivity index (χ0) is 10.8. The first-order valence-electron chi connectivity index (χ1n) is 4.09. The van der Waals surface area contributed by atoms with Crippen molar-refractivity contribution < 1.29 is 9.90 Å². The fraction of sp³-hybridized carbons (Fsp3) is 0. The largest absolute Gasteiger partial charge is 0.543 e. The average molecular weight is 239 g/mol. The maximum atomic E-state index is 10.5. The SMILES string of the molecule is O=C([O-])c1csc(-c2ccc(Cl)cc2)n1.